The van der Waals surface area contributed by atoms with Gasteiger partial charge in [0.15, 0.2) is 0 Å². The van der Waals surface area contributed by atoms with Crippen LogP contribution in [0.5, 0.6) is 5.88 Å². The zero-order valence-corrected chi connectivity index (χ0v) is 9.56. The van der Waals surface area contributed by atoms with Gasteiger partial charge >= 0.3 is 5.97 Å². The largest absolute Gasteiger partial charge is 0.477 e. The van der Waals surface area contributed by atoms with Gasteiger partial charge in [-0.15, -0.1) is 0 Å². The zero-order valence-electron chi connectivity index (χ0n) is 9.56. The van der Waals surface area contributed by atoms with Crippen molar-refractivity contribution >= 4 is 5.97 Å². The molecule has 1 aliphatic rings. The second kappa shape index (κ2) is 4.15. The van der Waals surface area contributed by atoms with Crippen LogP contribution in [0.1, 0.15) is 35.3 Å². The topological polar surface area (TPSA) is 64.4 Å². The van der Waals surface area contributed by atoms with Crippen LogP contribution in [-0.4, -0.2) is 27.5 Å². The molecule has 88 valence electrons. The Hall–Kier alpha value is -1.52. The summed E-state index contributed by atoms with van der Waals surface area (Å²) in [6, 6.07) is 0. The van der Waals surface area contributed by atoms with Crippen molar-refractivity contribution in [3.63, 3.8) is 0 Å². The summed E-state index contributed by atoms with van der Waals surface area (Å²) in [5, 5.41) is 13.1. The monoisotopic (exact) mass is 224 g/mol. The van der Waals surface area contributed by atoms with Crippen molar-refractivity contribution < 1.29 is 14.6 Å². The fourth-order valence-corrected chi connectivity index (χ4v) is 1.78. The molecule has 0 amide bonds. The molecule has 0 radical (unpaired) electrons. The van der Waals surface area contributed by atoms with Crippen LogP contribution in [0.15, 0.2) is 0 Å². The molecule has 0 atom stereocenters. The molecule has 16 heavy (non-hydrogen) atoms. The van der Waals surface area contributed by atoms with E-state index in [-0.39, 0.29) is 5.56 Å². The highest BCUT2D eigenvalue weighted by atomic mass is 16.5. The van der Waals surface area contributed by atoms with E-state index >= 15 is 0 Å². The molecule has 0 aromatic carbocycles. The maximum absolute atomic E-state index is 11.0. The molecule has 1 heterocycles. The van der Waals surface area contributed by atoms with Crippen molar-refractivity contribution in [2.75, 3.05) is 6.61 Å². The number of hydrogen-bond acceptors (Lipinski definition) is 3. The number of aryl methyl sites for hydroxylation is 2. The van der Waals surface area contributed by atoms with E-state index in [1.807, 2.05) is 0 Å². The normalized spacial score (nSPS) is 15.1. The molecule has 1 fully saturated rings. The first-order valence-corrected chi connectivity index (χ1v) is 5.49. The number of nitrogens with zero attached hydrogens (tertiary/aromatic N) is 2. The van der Waals surface area contributed by atoms with Gasteiger partial charge in [0.05, 0.1) is 12.3 Å². The average Bonchev–Trinajstić information content (AvgIpc) is 2.94. The molecule has 0 bridgehead atoms. The molecule has 5 nitrogen and oxygen atoms in total. The average molecular weight is 224 g/mol. The van der Waals surface area contributed by atoms with E-state index < -0.39 is 5.97 Å². The minimum atomic E-state index is -0.980. The van der Waals surface area contributed by atoms with Gasteiger partial charge in [0, 0.05) is 7.05 Å². The highest BCUT2D eigenvalue weighted by molar-refractivity contribution is 5.91. The van der Waals surface area contributed by atoms with Gasteiger partial charge in [-0.3, -0.25) is 0 Å². The summed E-state index contributed by atoms with van der Waals surface area (Å²) >= 11 is 0. The predicted molar refractivity (Wildman–Crippen MR) is 57.7 cm³/mol. The highest BCUT2D eigenvalue weighted by Crippen LogP contribution is 2.32. The summed E-state index contributed by atoms with van der Waals surface area (Å²) in [5.74, 6) is 0.167. The second-order valence-electron chi connectivity index (χ2n) is 4.27. The van der Waals surface area contributed by atoms with E-state index in [0.717, 1.165) is 12.3 Å². The van der Waals surface area contributed by atoms with Crippen molar-refractivity contribution in [2.24, 2.45) is 13.0 Å². The lowest BCUT2D eigenvalue weighted by Gasteiger charge is -2.06. The number of carboxylic acid groups (broad SMARTS) is 1. The standard InChI is InChI=1S/C11H16N2O3/c1-7-9(11(14)15)10(13(2)12-7)16-6-5-8-3-4-8/h8H,3-6H2,1-2H3,(H,14,15). The van der Waals surface area contributed by atoms with Gasteiger partial charge in [-0.05, 0) is 19.3 Å². The van der Waals surface area contributed by atoms with Crippen LogP contribution >= 0.6 is 0 Å². The number of hydrogen-bond donors (Lipinski definition) is 1. The Balaban J connectivity index is 2.07. The van der Waals surface area contributed by atoms with Crippen LogP contribution < -0.4 is 4.74 Å². The third-order valence-electron chi connectivity index (χ3n) is 2.85. The van der Waals surface area contributed by atoms with Crippen LogP contribution in [0.4, 0.5) is 0 Å². The fourth-order valence-electron chi connectivity index (χ4n) is 1.78. The van der Waals surface area contributed by atoms with Crippen LogP contribution in [0, 0.1) is 12.8 Å². The third kappa shape index (κ3) is 2.18. The third-order valence-corrected chi connectivity index (χ3v) is 2.85. The molecule has 0 spiro atoms. The Morgan fingerprint density at radius 3 is 2.88 bits per heavy atom. The van der Waals surface area contributed by atoms with Crippen molar-refractivity contribution in [3.8, 4) is 5.88 Å². The summed E-state index contributed by atoms with van der Waals surface area (Å²) in [6.45, 7) is 2.25. The van der Waals surface area contributed by atoms with Gasteiger partial charge in [0.25, 0.3) is 0 Å². The van der Waals surface area contributed by atoms with Gasteiger partial charge in [-0.25, -0.2) is 9.48 Å². The number of rotatable bonds is 5. The molecule has 0 saturated heterocycles. The molecule has 1 aliphatic carbocycles. The Morgan fingerprint density at radius 1 is 1.62 bits per heavy atom. The molecule has 1 aromatic heterocycles. The Bertz CT molecular complexity index is 408. The van der Waals surface area contributed by atoms with E-state index in [9.17, 15) is 4.79 Å². The summed E-state index contributed by atoms with van der Waals surface area (Å²) in [6.07, 6.45) is 3.56. The summed E-state index contributed by atoms with van der Waals surface area (Å²) < 4.78 is 7.01. The molecule has 1 saturated carbocycles. The van der Waals surface area contributed by atoms with Crippen molar-refractivity contribution in [2.45, 2.75) is 26.2 Å². The summed E-state index contributed by atoms with van der Waals surface area (Å²) in [5.41, 5.74) is 0.676. The Morgan fingerprint density at radius 2 is 2.31 bits per heavy atom. The van der Waals surface area contributed by atoms with E-state index in [0.29, 0.717) is 18.2 Å². The maximum atomic E-state index is 11.0. The fraction of sp³-hybridized carbons (Fsp3) is 0.636. The number of aromatic nitrogens is 2. The number of ether oxygens (including phenoxy) is 1. The van der Waals surface area contributed by atoms with Gasteiger partial charge in [0.2, 0.25) is 5.88 Å². The highest BCUT2D eigenvalue weighted by Gasteiger charge is 2.23. The number of aromatic carboxylic acids is 1. The van der Waals surface area contributed by atoms with Crippen LogP contribution in [0.25, 0.3) is 0 Å². The quantitative estimate of drug-likeness (QED) is 0.825. The maximum Gasteiger partial charge on any atom is 0.343 e. The van der Waals surface area contributed by atoms with Crippen LogP contribution in [-0.2, 0) is 7.05 Å². The van der Waals surface area contributed by atoms with E-state index in [4.69, 9.17) is 9.84 Å². The van der Waals surface area contributed by atoms with E-state index in [1.165, 1.54) is 17.5 Å². The molecule has 0 unspecified atom stereocenters. The lowest BCUT2D eigenvalue weighted by molar-refractivity contribution is 0.0690. The molecule has 5 heteroatoms. The van der Waals surface area contributed by atoms with E-state index in [1.54, 1.807) is 14.0 Å². The lowest BCUT2D eigenvalue weighted by atomic mass is 10.2. The molecular weight excluding hydrogens is 208 g/mol. The molecule has 2 rings (SSSR count). The minimum Gasteiger partial charge on any atom is -0.477 e. The van der Waals surface area contributed by atoms with E-state index in [2.05, 4.69) is 5.10 Å². The van der Waals surface area contributed by atoms with Crippen molar-refractivity contribution in [3.05, 3.63) is 11.3 Å². The first-order chi connectivity index (χ1) is 7.59. The zero-order chi connectivity index (χ0) is 11.7. The smallest absolute Gasteiger partial charge is 0.343 e. The molecule has 0 aliphatic heterocycles. The second-order valence-corrected chi connectivity index (χ2v) is 4.27. The summed E-state index contributed by atoms with van der Waals surface area (Å²) in [7, 11) is 1.70. The SMILES string of the molecule is Cc1nn(C)c(OCCC2CC2)c1C(=O)O. The Kier molecular flexibility index (Phi) is 2.85. The minimum absolute atomic E-state index is 0.179. The molecule has 1 aromatic rings. The van der Waals surface area contributed by atoms with Crippen LogP contribution in [0.2, 0.25) is 0 Å². The van der Waals surface area contributed by atoms with Gasteiger partial charge in [0.1, 0.15) is 5.56 Å². The first kappa shape index (κ1) is 11.0. The first-order valence-electron chi connectivity index (χ1n) is 5.49. The predicted octanol–water partition coefficient (Wildman–Crippen LogP) is 1.61. The lowest BCUT2D eigenvalue weighted by Crippen LogP contribution is -2.07. The van der Waals surface area contributed by atoms with Gasteiger partial charge in [-0.1, -0.05) is 12.8 Å². The van der Waals surface area contributed by atoms with Crippen molar-refractivity contribution in [1.82, 2.24) is 9.78 Å². The van der Waals surface area contributed by atoms with Crippen molar-refractivity contribution in [1.29, 1.82) is 0 Å². The molecule has 1 N–H and O–H groups in total. The Labute approximate surface area is 94.0 Å². The molecular formula is C11H16N2O3. The van der Waals surface area contributed by atoms with Crippen LogP contribution in [0.3, 0.4) is 0 Å². The number of carbonyl (C=O) groups is 1. The van der Waals surface area contributed by atoms with Gasteiger partial charge < -0.3 is 9.84 Å². The number of carboxylic acids is 1. The summed E-state index contributed by atoms with van der Waals surface area (Å²) in [4.78, 5) is 11.0. The van der Waals surface area contributed by atoms with Gasteiger partial charge in [-0.2, -0.15) is 5.10 Å².